The molecule has 0 spiro atoms. The van der Waals surface area contributed by atoms with Gasteiger partial charge in [-0.1, -0.05) is 56.1 Å². The van der Waals surface area contributed by atoms with Crippen LogP contribution in [-0.2, 0) is 4.79 Å². The van der Waals surface area contributed by atoms with Crippen LogP contribution in [0.25, 0.3) is 10.8 Å². The van der Waals surface area contributed by atoms with Crippen LogP contribution in [0, 0.1) is 0 Å². The van der Waals surface area contributed by atoms with E-state index in [2.05, 4.69) is 58.3 Å². The SMILES string of the molecule is C/C(=N\NC(=O)COc1ccc2cc(Br)ccc2c1Br)c1ccc(Br)cc1. The number of rotatable bonds is 5. The van der Waals surface area contributed by atoms with Crippen LogP contribution < -0.4 is 10.2 Å². The molecule has 0 atom stereocenters. The van der Waals surface area contributed by atoms with E-state index in [9.17, 15) is 4.79 Å². The van der Waals surface area contributed by atoms with Crippen LogP contribution in [0.5, 0.6) is 5.75 Å². The van der Waals surface area contributed by atoms with Crippen LogP contribution in [0.1, 0.15) is 12.5 Å². The predicted octanol–water partition coefficient (Wildman–Crippen LogP) is 6.05. The average Bonchev–Trinajstić information content (AvgIpc) is 2.66. The highest BCUT2D eigenvalue weighted by molar-refractivity contribution is 9.11. The molecule has 0 heterocycles. The minimum absolute atomic E-state index is 0.127. The number of ether oxygens (including phenoxy) is 1. The van der Waals surface area contributed by atoms with Crippen molar-refractivity contribution in [2.24, 2.45) is 5.10 Å². The van der Waals surface area contributed by atoms with Gasteiger partial charge in [0.05, 0.1) is 10.2 Å². The van der Waals surface area contributed by atoms with Gasteiger partial charge in [0, 0.05) is 8.95 Å². The largest absolute Gasteiger partial charge is 0.483 e. The molecule has 0 fully saturated rings. The van der Waals surface area contributed by atoms with Gasteiger partial charge in [0.2, 0.25) is 0 Å². The molecule has 27 heavy (non-hydrogen) atoms. The first-order valence-corrected chi connectivity index (χ1v) is 10.4. The fraction of sp³-hybridized carbons (Fsp3) is 0.100. The third-order valence-electron chi connectivity index (χ3n) is 3.85. The van der Waals surface area contributed by atoms with Crippen LogP contribution in [0.4, 0.5) is 0 Å². The molecule has 0 bridgehead atoms. The fourth-order valence-corrected chi connectivity index (χ4v) is 3.68. The Labute approximate surface area is 182 Å². The molecule has 0 unspecified atom stereocenters. The van der Waals surface area contributed by atoms with Crippen LogP contribution in [-0.4, -0.2) is 18.2 Å². The Hall–Kier alpha value is -1.70. The second-order valence-electron chi connectivity index (χ2n) is 5.77. The molecular formula is C20H15Br3N2O2. The molecule has 3 rings (SSSR count). The van der Waals surface area contributed by atoms with Gasteiger partial charge in [-0.05, 0) is 69.5 Å². The van der Waals surface area contributed by atoms with Gasteiger partial charge in [0.15, 0.2) is 6.61 Å². The minimum atomic E-state index is -0.325. The number of fused-ring (bicyclic) bond motifs is 1. The average molecular weight is 555 g/mol. The first-order chi connectivity index (χ1) is 12.9. The molecule has 0 radical (unpaired) electrons. The Morgan fingerprint density at radius 3 is 2.44 bits per heavy atom. The Kier molecular flexibility index (Phi) is 6.68. The van der Waals surface area contributed by atoms with Crippen molar-refractivity contribution in [1.29, 1.82) is 0 Å². The van der Waals surface area contributed by atoms with Gasteiger partial charge in [0.1, 0.15) is 5.75 Å². The van der Waals surface area contributed by atoms with Crippen molar-refractivity contribution >= 4 is 70.2 Å². The summed E-state index contributed by atoms with van der Waals surface area (Å²) in [7, 11) is 0. The molecular weight excluding hydrogens is 540 g/mol. The number of benzene rings is 3. The fourth-order valence-electron chi connectivity index (χ4n) is 2.43. The van der Waals surface area contributed by atoms with Gasteiger partial charge in [-0.15, -0.1) is 0 Å². The van der Waals surface area contributed by atoms with E-state index in [1.165, 1.54) is 0 Å². The van der Waals surface area contributed by atoms with E-state index in [0.29, 0.717) is 11.5 Å². The Balaban J connectivity index is 1.63. The zero-order valence-corrected chi connectivity index (χ0v) is 19.1. The summed E-state index contributed by atoms with van der Waals surface area (Å²) in [6.07, 6.45) is 0. The Morgan fingerprint density at radius 1 is 1.00 bits per heavy atom. The van der Waals surface area contributed by atoms with E-state index in [1.807, 2.05) is 61.5 Å². The molecule has 0 aliphatic rings. The second-order valence-corrected chi connectivity index (χ2v) is 8.40. The van der Waals surface area contributed by atoms with E-state index < -0.39 is 0 Å². The van der Waals surface area contributed by atoms with Crippen molar-refractivity contribution in [2.75, 3.05) is 6.61 Å². The van der Waals surface area contributed by atoms with Crippen LogP contribution in [0.2, 0.25) is 0 Å². The van der Waals surface area contributed by atoms with Gasteiger partial charge >= 0.3 is 0 Å². The zero-order valence-electron chi connectivity index (χ0n) is 14.3. The molecule has 1 amide bonds. The smallest absolute Gasteiger partial charge is 0.277 e. The van der Waals surface area contributed by atoms with Crippen molar-refractivity contribution in [3.63, 3.8) is 0 Å². The number of nitrogens with one attached hydrogen (secondary N) is 1. The topological polar surface area (TPSA) is 50.7 Å². The molecule has 138 valence electrons. The number of hydrazone groups is 1. The van der Waals surface area contributed by atoms with Crippen molar-refractivity contribution in [3.05, 3.63) is 73.6 Å². The quantitative estimate of drug-likeness (QED) is 0.308. The summed E-state index contributed by atoms with van der Waals surface area (Å²) in [5.41, 5.74) is 4.17. The highest BCUT2D eigenvalue weighted by Crippen LogP contribution is 2.34. The van der Waals surface area contributed by atoms with Gasteiger partial charge in [-0.3, -0.25) is 4.79 Å². The monoisotopic (exact) mass is 552 g/mol. The third kappa shape index (κ3) is 5.18. The maximum Gasteiger partial charge on any atom is 0.277 e. The number of amides is 1. The molecule has 0 aliphatic heterocycles. The number of nitrogens with zero attached hydrogens (tertiary/aromatic N) is 1. The molecule has 0 saturated heterocycles. The number of carbonyl (C=O) groups is 1. The predicted molar refractivity (Wildman–Crippen MR) is 119 cm³/mol. The molecule has 3 aromatic carbocycles. The molecule has 0 aliphatic carbocycles. The summed E-state index contributed by atoms with van der Waals surface area (Å²) < 4.78 is 8.46. The number of halogens is 3. The summed E-state index contributed by atoms with van der Waals surface area (Å²) in [5.74, 6) is 0.280. The standard InChI is InChI=1S/C20H15Br3N2O2/c1-12(13-2-5-15(21)6-3-13)24-25-19(26)11-27-18-9-4-14-10-16(22)7-8-17(14)20(18)23/h2-10H,11H2,1H3,(H,25,26)/b24-12+. The maximum atomic E-state index is 12.1. The van der Waals surface area contributed by atoms with Crippen LogP contribution >= 0.6 is 47.8 Å². The number of hydrogen-bond acceptors (Lipinski definition) is 3. The highest BCUT2D eigenvalue weighted by atomic mass is 79.9. The zero-order chi connectivity index (χ0) is 19.4. The minimum Gasteiger partial charge on any atom is -0.483 e. The summed E-state index contributed by atoms with van der Waals surface area (Å²) in [6.45, 7) is 1.71. The first kappa shape index (κ1) is 20.0. The third-order valence-corrected chi connectivity index (χ3v) is 5.69. The molecule has 0 saturated carbocycles. The normalized spacial score (nSPS) is 11.5. The van der Waals surface area contributed by atoms with E-state index in [-0.39, 0.29) is 12.5 Å². The highest BCUT2D eigenvalue weighted by Gasteiger charge is 2.09. The number of hydrogen-bond donors (Lipinski definition) is 1. The van der Waals surface area contributed by atoms with E-state index in [4.69, 9.17) is 4.74 Å². The van der Waals surface area contributed by atoms with Gasteiger partial charge in [0.25, 0.3) is 5.91 Å². The molecule has 1 N–H and O–H groups in total. The van der Waals surface area contributed by atoms with Crippen molar-refractivity contribution in [2.45, 2.75) is 6.92 Å². The van der Waals surface area contributed by atoms with E-state index in [1.54, 1.807) is 0 Å². The lowest BCUT2D eigenvalue weighted by molar-refractivity contribution is -0.123. The second kappa shape index (κ2) is 8.99. The summed E-state index contributed by atoms with van der Waals surface area (Å²) in [5, 5.41) is 6.21. The molecule has 0 aromatic heterocycles. The lowest BCUT2D eigenvalue weighted by Gasteiger charge is -2.10. The van der Waals surface area contributed by atoms with Crippen molar-refractivity contribution < 1.29 is 9.53 Å². The summed E-state index contributed by atoms with van der Waals surface area (Å²) in [6, 6.07) is 17.5. The van der Waals surface area contributed by atoms with Crippen LogP contribution in [0.3, 0.4) is 0 Å². The molecule has 7 heteroatoms. The van der Waals surface area contributed by atoms with Gasteiger partial charge in [-0.2, -0.15) is 5.10 Å². The van der Waals surface area contributed by atoms with E-state index >= 15 is 0 Å². The summed E-state index contributed by atoms with van der Waals surface area (Å²) >= 11 is 10.4. The molecule has 3 aromatic rings. The van der Waals surface area contributed by atoms with Gasteiger partial charge < -0.3 is 4.74 Å². The van der Waals surface area contributed by atoms with Crippen LogP contribution in [0.15, 0.2) is 73.1 Å². The lowest BCUT2D eigenvalue weighted by Crippen LogP contribution is -2.25. The Bertz CT molecular complexity index is 1020. The van der Waals surface area contributed by atoms with Crippen molar-refractivity contribution in [3.8, 4) is 5.75 Å². The molecule has 4 nitrogen and oxygen atoms in total. The van der Waals surface area contributed by atoms with Crippen molar-refractivity contribution in [1.82, 2.24) is 5.43 Å². The van der Waals surface area contributed by atoms with E-state index in [0.717, 1.165) is 29.8 Å². The first-order valence-electron chi connectivity index (χ1n) is 8.03. The maximum absolute atomic E-state index is 12.1. The number of carbonyl (C=O) groups excluding carboxylic acids is 1. The summed E-state index contributed by atoms with van der Waals surface area (Å²) in [4.78, 5) is 12.1. The Morgan fingerprint density at radius 2 is 1.70 bits per heavy atom. The van der Waals surface area contributed by atoms with Gasteiger partial charge in [-0.25, -0.2) is 5.43 Å². The lowest BCUT2D eigenvalue weighted by atomic mass is 10.1.